The van der Waals surface area contributed by atoms with Crippen LogP contribution in [0.5, 0.6) is 0 Å². The molecule has 1 aromatic carbocycles. The van der Waals surface area contributed by atoms with Gasteiger partial charge in [0, 0.05) is 25.4 Å². The Kier molecular flexibility index (Phi) is 2.56. The molecule has 3 nitrogen and oxygen atoms in total. The van der Waals surface area contributed by atoms with E-state index < -0.39 is 0 Å². The summed E-state index contributed by atoms with van der Waals surface area (Å²) in [5.74, 6) is 0. The van der Waals surface area contributed by atoms with Gasteiger partial charge in [-0.15, -0.1) is 0 Å². The summed E-state index contributed by atoms with van der Waals surface area (Å²) < 4.78 is 1.83. The predicted octanol–water partition coefficient (Wildman–Crippen LogP) is 1.85. The van der Waals surface area contributed by atoms with Gasteiger partial charge in [0.25, 0.3) is 0 Å². The first-order valence-corrected chi connectivity index (χ1v) is 5.00. The first-order chi connectivity index (χ1) is 7.20. The van der Waals surface area contributed by atoms with Crippen LogP contribution in [0.3, 0.4) is 0 Å². The van der Waals surface area contributed by atoms with Crippen LogP contribution in [0.2, 0.25) is 0 Å². The van der Waals surface area contributed by atoms with Crippen molar-refractivity contribution in [2.75, 3.05) is 0 Å². The molecule has 0 bridgehead atoms. The van der Waals surface area contributed by atoms with Crippen LogP contribution in [-0.4, -0.2) is 9.78 Å². The quantitative estimate of drug-likeness (QED) is 0.806. The van der Waals surface area contributed by atoms with Crippen LogP contribution < -0.4 is 5.73 Å². The SMILES string of the molecule is Cc1nn(C)cc1-c1ccc(CN)cc1. The van der Waals surface area contributed by atoms with Gasteiger partial charge >= 0.3 is 0 Å². The van der Waals surface area contributed by atoms with Crippen LogP contribution in [0, 0.1) is 6.92 Å². The van der Waals surface area contributed by atoms with Crippen molar-refractivity contribution in [3.63, 3.8) is 0 Å². The first-order valence-electron chi connectivity index (χ1n) is 5.00. The van der Waals surface area contributed by atoms with Crippen LogP contribution in [0.15, 0.2) is 30.5 Å². The Hall–Kier alpha value is -1.61. The fourth-order valence-corrected chi connectivity index (χ4v) is 1.70. The number of benzene rings is 1. The molecule has 0 aliphatic carbocycles. The maximum absolute atomic E-state index is 5.56. The molecule has 0 saturated carbocycles. The third kappa shape index (κ3) is 1.92. The third-order valence-corrected chi connectivity index (χ3v) is 2.51. The maximum Gasteiger partial charge on any atom is 0.0671 e. The normalized spacial score (nSPS) is 10.6. The summed E-state index contributed by atoms with van der Waals surface area (Å²) in [6.45, 7) is 2.61. The Morgan fingerprint density at radius 3 is 2.40 bits per heavy atom. The van der Waals surface area contributed by atoms with E-state index in [0.717, 1.165) is 11.3 Å². The second kappa shape index (κ2) is 3.87. The molecule has 0 unspecified atom stereocenters. The smallest absolute Gasteiger partial charge is 0.0671 e. The molecule has 15 heavy (non-hydrogen) atoms. The van der Waals surface area contributed by atoms with Gasteiger partial charge in [0.1, 0.15) is 0 Å². The summed E-state index contributed by atoms with van der Waals surface area (Å²) in [6, 6.07) is 8.29. The number of aryl methyl sites for hydroxylation is 2. The van der Waals surface area contributed by atoms with Gasteiger partial charge in [0.15, 0.2) is 0 Å². The number of hydrogen-bond acceptors (Lipinski definition) is 2. The molecule has 78 valence electrons. The molecule has 0 aliphatic rings. The van der Waals surface area contributed by atoms with E-state index >= 15 is 0 Å². The molecular weight excluding hydrogens is 186 g/mol. The zero-order chi connectivity index (χ0) is 10.8. The predicted molar refractivity (Wildman–Crippen MR) is 61.3 cm³/mol. The van der Waals surface area contributed by atoms with E-state index in [4.69, 9.17) is 5.73 Å². The maximum atomic E-state index is 5.56. The summed E-state index contributed by atoms with van der Waals surface area (Å²) in [5.41, 5.74) is 10.1. The average Bonchev–Trinajstić information content (AvgIpc) is 2.58. The summed E-state index contributed by atoms with van der Waals surface area (Å²) in [5, 5.41) is 4.32. The number of hydrogen-bond donors (Lipinski definition) is 1. The Morgan fingerprint density at radius 2 is 1.93 bits per heavy atom. The topological polar surface area (TPSA) is 43.8 Å². The lowest BCUT2D eigenvalue weighted by atomic mass is 10.1. The molecule has 0 atom stereocenters. The highest BCUT2D eigenvalue weighted by Gasteiger charge is 2.04. The highest BCUT2D eigenvalue weighted by Crippen LogP contribution is 2.22. The highest BCUT2D eigenvalue weighted by atomic mass is 15.2. The minimum absolute atomic E-state index is 0.590. The number of aromatic nitrogens is 2. The Balaban J connectivity index is 2.41. The van der Waals surface area contributed by atoms with Crippen LogP contribution in [0.1, 0.15) is 11.3 Å². The molecular formula is C12H15N3. The lowest BCUT2D eigenvalue weighted by molar-refractivity contribution is 0.756. The lowest BCUT2D eigenvalue weighted by Crippen LogP contribution is -1.95. The molecule has 2 N–H and O–H groups in total. The van der Waals surface area contributed by atoms with Gasteiger partial charge in [-0.3, -0.25) is 4.68 Å². The summed E-state index contributed by atoms with van der Waals surface area (Å²) in [6.07, 6.45) is 2.03. The van der Waals surface area contributed by atoms with Gasteiger partial charge in [0.2, 0.25) is 0 Å². The van der Waals surface area contributed by atoms with Gasteiger partial charge in [-0.1, -0.05) is 24.3 Å². The van der Waals surface area contributed by atoms with Gasteiger partial charge in [-0.25, -0.2) is 0 Å². The van der Waals surface area contributed by atoms with E-state index in [1.54, 1.807) is 0 Å². The molecule has 0 amide bonds. The zero-order valence-corrected chi connectivity index (χ0v) is 9.07. The molecule has 1 heterocycles. The Bertz CT molecular complexity index is 454. The second-order valence-corrected chi connectivity index (χ2v) is 3.70. The first kappa shape index (κ1) is 9.93. The van der Waals surface area contributed by atoms with Crippen LogP contribution >= 0.6 is 0 Å². The van der Waals surface area contributed by atoms with Crippen LogP contribution in [0.4, 0.5) is 0 Å². The lowest BCUT2D eigenvalue weighted by Gasteiger charge is -2.00. The molecule has 1 aromatic heterocycles. The van der Waals surface area contributed by atoms with E-state index in [2.05, 4.69) is 29.4 Å². The third-order valence-electron chi connectivity index (χ3n) is 2.51. The molecule has 3 heteroatoms. The van der Waals surface area contributed by atoms with Gasteiger partial charge < -0.3 is 5.73 Å². The van der Waals surface area contributed by atoms with Gasteiger partial charge in [-0.2, -0.15) is 5.10 Å². The number of nitrogens with zero attached hydrogens (tertiary/aromatic N) is 2. The van der Waals surface area contributed by atoms with Crippen molar-refractivity contribution in [2.45, 2.75) is 13.5 Å². The Morgan fingerprint density at radius 1 is 1.27 bits per heavy atom. The minimum Gasteiger partial charge on any atom is -0.326 e. The molecule has 2 aromatic rings. The van der Waals surface area contributed by atoms with E-state index in [1.807, 2.05) is 24.9 Å². The number of rotatable bonds is 2. The van der Waals surface area contributed by atoms with Crippen molar-refractivity contribution in [3.05, 3.63) is 41.7 Å². The van der Waals surface area contributed by atoms with Crippen molar-refractivity contribution in [3.8, 4) is 11.1 Å². The molecule has 0 saturated heterocycles. The van der Waals surface area contributed by atoms with Gasteiger partial charge in [0.05, 0.1) is 5.69 Å². The fraction of sp³-hybridized carbons (Fsp3) is 0.250. The molecule has 2 rings (SSSR count). The van der Waals surface area contributed by atoms with Crippen molar-refractivity contribution in [2.24, 2.45) is 12.8 Å². The van der Waals surface area contributed by atoms with Crippen molar-refractivity contribution in [1.82, 2.24) is 9.78 Å². The van der Waals surface area contributed by atoms with Crippen molar-refractivity contribution in [1.29, 1.82) is 0 Å². The fourth-order valence-electron chi connectivity index (χ4n) is 1.70. The highest BCUT2D eigenvalue weighted by molar-refractivity contribution is 5.65. The van der Waals surface area contributed by atoms with Crippen LogP contribution in [0.25, 0.3) is 11.1 Å². The molecule has 0 aliphatic heterocycles. The summed E-state index contributed by atoms with van der Waals surface area (Å²) >= 11 is 0. The standard InChI is InChI=1S/C12H15N3/c1-9-12(8-15(2)14-9)11-5-3-10(7-13)4-6-11/h3-6,8H,7,13H2,1-2H3. The zero-order valence-electron chi connectivity index (χ0n) is 9.07. The molecule has 0 fully saturated rings. The second-order valence-electron chi connectivity index (χ2n) is 3.70. The summed E-state index contributed by atoms with van der Waals surface area (Å²) in [7, 11) is 1.94. The number of nitrogens with two attached hydrogens (primary N) is 1. The molecule has 0 radical (unpaired) electrons. The van der Waals surface area contributed by atoms with E-state index in [9.17, 15) is 0 Å². The largest absolute Gasteiger partial charge is 0.326 e. The van der Waals surface area contributed by atoms with E-state index in [0.29, 0.717) is 6.54 Å². The van der Waals surface area contributed by atoms with Gasteiger partial charge in [-0.05, 0) is 18.1 Å². The minimum atomic E-state index is 0.590. The van der Waals surface area contributed by atoms with Crippen molar-refractivity contribution < 1.29 is 0 Å². The Labute approximate surface area is 89.5 Å². The average molecular weight is 201 g/mol. The van der Waals surface area contributed by atoms with Crippen molar-refractivity contribution >= 4 is 0 Å². The monoisotopic (exact) mass is 201 g/mol. The van der Waals surface area contributed by atoms with E-state index in [-0.39, 0.29) is 0 Å². The van der Waals surface area contributed by atoms with E-state index in [1.165, 1.54) is 11.1 Å². The van der Waals surface area contributed by atoms with Crippen LogP contribution in [-0.2, 0) is 13.6 Å². The summed E-state index contributed by atoms with van der Waals surface area (Å²) in [4.78, 5) is 0. The molecule has 0 spiro atoms.